The van der Waals surface area contributed by atoms with Crippen LogP contribution in [0, 0.1) is 5.92 Å². The Bertz CT molecular complexity index is 679. The van der Waals surface area contributed by atoms with E-state index >= 15 is 0 Å². The number of carbonyl (C=O) groups excluding carboxylic acids is 1. The summed E-state index contributed by atoms with van der Waals surface area (Å²) in [5.74, 6) is -1.22. The zero-order valence-electron chi connectivity index (χ0n) is 13.9. The van der Waals surface area contributed by atoms with E-state index in [1.165, 1.54) is 12.1 Å². The quantitative estimate of drug-likeness (QED) is 0.761. The molecule has 0 radical (unpaired) electrons. The van der Waals surface area contributed by atoms with Gasteiger partial charge < -0.3 is 21.1 Å². The van der Waals surface area contributed by atoms with Crippen LogP contribution in [0.15, 0.2) is 24.3 Å². The molecule has 0 aliphatic carbocycles. The minimum Gasteiger partial charge on any atom is -0.480 e. The number of carbonyl (C=O) groups is 2. The Balaban J connectivity index is 1.65. The molecule has 26 heavy (non-hydrogen) atoms. The van der Waals surface area contributed by atoms with Crippen LogP contribution in [0.3, 0.4) is 0 Å². The highest BCUT2D eigenvalue weighted by atomic mass is 19.4. The summed E-state index contributed by atoms with van der Waals surface area (Å²) in [4.78, 5) is 25.3. The topological polar surface area (TPSA) is 95.7 Å². The van der Waals surface area contributed by atoms with E-state index in [0.717, 1.165) is 25.0 Å². The lowest BCUT2D eigenvalue weighted by atomic mass is 9.85. The van der Waals surface area contributed by atoms with Crippen molar-refractivity contribution in [1.82, 2.24) is 4.90 Å². The number of anilines is 1. The third-order valence-electron chi connectivity index (χ3n) is 5.26. The highest BCUT2D eigenvalue weighted by Crippen LogP contribution is 2.40. The van der Waals surface area contributed by atoms with Crippen LogP contribution in [-0.4, -0.2) is 40.1 Å². The molecule has 9 heteroatoms. The molecule has 2 aliphatic rings. The Morgan fingerprint density at radius 3 is 2.15 bits per heavy atom. The zero-order valence-corrected chi connectivity index (χ0v) is 13.9. The van der Waals surface area contributed by atoms with Crippen LogP contribution < -0.4 is 11.1 Å². The molecule has 0 saturated carbocycles. The second kappa shape index (κ2) is 6.79. The number of nitrogens with zero attached hydrogens (tertiary/aromatic N) is 1. The van der Waals surface area contributed by atoms with Crippen LogP contribution >= 0.6 is 0 Å². The lowest BCUT2D eigenvalue weighted by Crippen LogP contribution is -2.52. The molecule has 2 bridgehead atoms. The van der Waals surface area contributed by atoms with Gasteiger partial charge in [0.15, 0.2) is 0 Å². The molecule has 1 aromatic rings. The summed E-state index contributed by atoms with van der Waals surface area (Å²) < 4.78 is 37.8. The van der Waals surface area contributed by atoms with Gasteiger partial charge >= 0.3 is 18.2 Å². The highest BCUT2D eigenvalue weighted by Gasteiger charge is 2.45. The fourth-order valence-corrected chi connectivity index (χ4v) is 3.98. The number of urea groups is 1. The van der Waals surface area contributed by atoms with Crippen molar-refractivity contribution in [3.63, 3.8) is 0 Å². The Morgan fingerprint density at radius 1 is 1.15 bits per heavy atom. The molecule has 6 nitrogen and oxygen atoms in total. The lowest BCUT2D eigenvalue weighted by Gasteiger charge is -2.40. The number of amides is 2. The van der Waals surface area contributed by atoms with Crippen LogP contribution in [0.2, 0.25) is 0 Å². The van der Waals surface area contributed by atoms with Gasteiger partial charge in [0.05, 0.1) is 5.56 Å². The number of nitrogens with two attached hydrogens (primary N) is 1. The number of alkyl halides is 3. The standard InChI is InChI=1S/C17H20F3N3O3/c18-17(19,20)10-1-3-11(4-2-10)22-16(26)23-12-5-6-13(23)8-9(7-12)14(21)15(24)25/h1-4,9,12-14H,5-8,21H2,(H,22,26)(H,24,25)/t9?,12?,13?,14-/m0/s1. The van der Waals surface area contributed by atoms with Gasteiger partial charge in [-0.25, -0.2) is 4.79 Å². The smallest absolute Gasteiger partial charge is 0.416 e. The number of aliphatic carboxylic acids is 1. The largest absolute Gasteiger partial charge is 0.480 e. The fourth-order valence-electron chi connectivity index (χ4n) is 3.98. The normalized spacial score (nSPS) is 26.5. The summed E-state index contributed by atoms with van der Waals surface area (Å²) in [7, 11) is 0. The zero-order chi connectivity index (χ0) is 19.1. The van der Waals surface area contributed by atoms with Crippen molar-refractivity contribution in [3.05, 3.63) is 29.8 Å². The predicted molar refractivity (Wildman–Crippen MR) is 87.4 cm³/mol. The van der Waals surface area contributed by atoms with E-state index in [2.05, 4.69) is 5.32 Å². The number of carboxylic acid groups (broad SMARTS) is 1. The molecule has 3 atom stereocenters. The number of hydrogen-bond donors (Lipinski definition) is 3. The molecule has 2 amide bonds. The molecule has 4 N–H and O–H groups in total. The maximum atomic E-state index is 12.6. The van der Waals surface area contributed by atoms with E-state index in [0.29, 0.717) is 12.8 Å². The van der Waals surface area contributed by atoms with E-state index < -0.39 is 23.8 Å². The van der Waals surface area contributed by atoms with Crippen LogP contribution in [0.25, 0.3) is 0 Å². The molecule has 3 rings (SSSR count). The SMILES string of the molecule is N[C@H](C(=O)O)C1CC2CCC(C1)N2C(=O)Nc1ccc(C(F)(F)F)cc1. The van der Waals surface area contributed by atoms with Crippen molar-refractivity contribution in [2.45, 2.75) is 50.0 Å². The molecular formula is C17H20F3N3O3. The summed E-state index contributed by atoms with van der Waals surface area (Å²) >= 11 is 0. The predicted octanol–water partition coefficient (Wildman–Crippen LogP) is 2.89. The first-order valence-corrected chi connectivity index (χ1v) is 8.42. The highest BCUT2D eigenvalue weighted by molar-refractivity contribution is 5.90. The Labute approximate surface area is 148 Å². The number of fused-ring (bicyclic) bond motifs is 2. The first-order chi connectivity index (χ1) is 12.2. The number of benzene rings is 1. The third-order valence-corrected chi connectivity index (χ3v) is 5.26. The van der Waals surface area contributed by atoms with Crippen LogP contribution in [-0.2, 0) is 11.0 Å². The lowest BCUT2D eigenvalue weighted by molar-refractivity contribution is -0.140. The number of rotatable bonds is 3. The molecule has 2 unspecified atom stereocenters. The van der Waals surface area contributed by atoms with E-state index in [1.807, 2.05) is 0 Å². The molecule has 2 aliphatic heterocycles. The maximum Gasteiger partial charge on any atom is 0.416 e. The minimum atomic E-state index is -4.42. The van der Waals surface area contributed by atoms with Crippen LogP contribution in [0.5, 0.6) is 0 Å². The van der Waals surface area contributed by atoms with Gasteiger partial charge in [-0.15, -0.1) is 0 Å². The first kappa shape index (κ1) is 18.5. The number of halogens is 3. The van der Waals surface area contributed by atoms with E-state index in [4.69, 9.17) is 10.8 Å². The van der Waals surface area contributed by atoms with E-state index in [1.54, 1.807) is 4.90 Å². The van der Waals surface area contributed by atoms with Crippen molar-refractivity contribution in [1.29, 1.82) is 0 Å². The van der Waals surface area contributed by atoms with Gasteiger partial charge in [0.1, 0.15) is 6.04 Å². The molecule has 2 heterocycles. The van der Waals surface area contributed by atoms with Gasteiger partial charge in [0.25, 0.3) is 0 Å². The summed E-state index contributed by atoms with van der Waals surface area (Å²) in [6, 6.07) is 2.76. The number of carboxylic acids is 1. The molecule has 0 spiro atoms. The average molecular weight is 371 g/mol. The van der Waals surface area contributed by atoms with Crippen molar-refractivity contribution in [3.8, 4) is 0 Å². The van der Waals surface area contributed by atoms with Crippen molar-refractivity contribution >= 4 is 17.7 Å². The number of piperidine rings is 1. The van der Waals surface area contributed by atoms with Crippen molar-refractivity contribution < 1.29 is 27.9 Å². The van der Waals surface area contributed by atoms with E-state index in [-0.39, 0.29) is 29.7 Å². The third kappa shape index (κ3) is 3.62. The molecule has 2 saturated heterocycles. The second-order valence-electron chi connectivity index (χ2n) is 6.89. The van der Waals surface area contributed by atoms with Gasteiger partial charge in [-0.05, 0) is 55.9 Å². The van der Waals surface area contributed by atoms with Gasteiger partial charge in [-0.1, -0.05) is 0 Å². The van der Waals surface area contributed by atoms with Crippen molar-refractivity contribution in [2.24, 2.45) is 11.7 Å². The summed E-state index contributed by atoms with van der Waals surface area (Å²) in [6.45, 7) is 0. The van der Waals surface area contributed by atoms with Gasteiger partial charge in [-0.2, -0.15) is 13.2 Å². The Morgan fingerprint density at radius 2 is 1.69 bits per heavy atom. The summed E-state index contributed by atoms with van der Waals surface area (Å²) in [5, 5.41) is 11.7. The van der Waals surface area contributed by atoms with Crippen molar-refractivity contribution in [2.75, 3.05) is 5.32 Å². The van der Waals surface area contributed by atoms with Gasteiger partial charge in [-0.3, -0.25) is 4.79 Å². The second-order valence-corrected chi connectivity index (χ2v) is 6.89. The summed E-state index contributed by atoms with van der Waals surface area (Å²) in [5.41, 5.74) is 5.23. The number of nitrogens with one attached hydrogen (secondary N) is 1. The monoisotopic (exact) mass is 371 g/mol. The summed E-state index contributed by atoms with van der Waals surface area (Å²) in [6.07, 6.45) is -1.84. The van der Waals surface area contributed by atoms with Crippen LogP contribution in [0.4, 0.5) is 23.7 Å². The molecule has 0 aromatic heterocycles. The molecular weight excluding hydrogens is 351 g/mol. The van der Waals surface area contributed by atoms with E-state index in [9.17, 15) is 22.8 Å². The Kier molecular flexibility index (Phi) is 4.83. The molecule has 2 fully saturated rings. The molecule has 142 valence electrons. The van der Waals surface area contributed by atoms with Crippen LogP contribution in [0.1, 0.15) is 31.2 Å². The van der Waals surface area contributed by atoms with Gasteiger partial charge in [0, 0.05) is 17.8 Å². The van der Waals surface area contributed by atoms with Gasteiger partial charge in [0.2, 0.25) is 0 Å². The fraction of sp³-hybridized carbons (Fsp3) is 0.529. The average Bonchev–Trinajstić information content (AvgIpc) is 2.84. The molecule has 1 aromatic carbocycles. The number of hydrogen-bond acceptors (Lipinski definition) is 3. The Hall–Kier alpha value is -2.29. The first-order valence-electron chi connectivity index (χ1n) is 8.42. The maximum absolute atomic E-state index is 12.6. The minimum absolute atomic E-state index is 0.0985.